The van der Waals surface area contributed by atoms with Crippen LogP contribution in [0.2, 0.25) is 39.3 Å². The molecule has 2 rings (SSSR count). The highest BCUT2D eigenvalue weighted by molar-refractivity contribution is 6.98. The normalized spacial score (nSPS) is 16.9. The average molecular weight is 291 g/mol. The quantitative estimate of drug-likeness (QED) is 0.569. The number of benzene rings is 1. The summed E-state index contributed by atoms with van der Waals surface area (Å²) in [4.78, 5) is 0. The number of aryl methyl sites for hydroxylation is 2. The van der Waals surface area contributed by atoms with Crippen LogP contribution in [0.4, 0.5) is 0 Å². The SMILES string of the molecule is C[Si](C)(C)c1cc2c(cc1[Si](C)(C)C)CCCCC2. The Morgan fingerprint density at radius 1 is 0.632 bits per heavy atom. The van der Waals surface area contributed by atoms with Crippen LogP contribution in [-0.4, -0.2) is 16.1 Å². The lowest BCUT2D eigenvalue weighted by atomic mass is 10.0. The first-order valence-corrected chi connectivity index (χ1v) is 14.9. The van der Waals surface area contributed by atoms with E-state index >= 15 is 0 Å². The minimum absolute atomic E-state index is 1.23. The molecule has 1 aromatic carbocycles. The zero-order chi connectivity index (χ0) is 14.3. The van der Waals surface area contributed by atoms with Crippen molar-refractivity contribution in [2.45, 2.75) is 71.4 Å². The highest BCUT2D eigenvalue weighted by Gasteiger charge is 2.28. The van der Waals surface area contributed by atoms with E-state index in [0.717, 1.165) is 0 Å². The summed E-state index contributed by atoms with van der Waals surface area (Å²) < 4.78 is 0. The Balaban J connectivity index is 2.61. The summed E-state index contributed by atoms with van der Waals surface area (Å²) in [5.74, 6) is 0. The number of fused-ring (bicyclic) bond motifs is 1. The molecule has 0 radical (unpaired) electrons. The molecule has 106 valence electrons. The van der Waals surface area contributed by atoms with Crippen LogP contribution in [0.15, 0.2) is 12.1 Å². The molecule has 0 atom stereocenters. The van der Waals surface area contributed by atoms with Gasteiger partial charge in [0.1, 0.15) is 0 Å². The molecule has 0 aliphatic heterocycles. The van der Waals surface area contributed by atoms with Gasteiger partial charge < -0.3 is 0 Å². The van der Waals surface area contributed by atoms with Crippen LogP contribution in [0.5, 0.6) is 0 Å². The smallest absolute Gasteiger partial charge is 0.0656 e. The molecule has 0 saturated heterocycles. The third kappa shape index (κ3) is 3.40. The molecule has 1 aromatic rings. The van der Waals surface area contributed by atoms with E-state index in [1.165, 1.54) is 32.1 Å². The second-order valence-corrected chi connectivity index (χ2v) is 18.3. The number of rotatable bonds is 2. The van der Waals surface area contributed by atoms with E-state index in [9.17, 15) is 0 Å². The van der Waals surface area contributed by atoms with Crippen LogP contribution < -0.4 is 10.4 Å². The molecule has 0 bridgehead atoms. The number of hydrogen-bond acceptors (Lipinski definition) is 0. The lowest BCUT2D eigenvalue weighted by Gasteiger charge is -2.30. The summed E-state index contributed by atoms with van der Waals surface area (Å²) in [6.45, 7) is 15.1. The molecule has 19 heavy (non-hydrogen) atoms. The predicted octanol–water partition coefficient (Wildman–Crippen LogP) is 4.05. The summed E-state index contributed by atoms with van der Waals surface area (Å²) in [5.41, 5.74) is 3.36. The molecule has 0 unspecified atom stereocenters. The van der Waals surface area contributed by atoms with Crippen molar-refractivity contribution in [3.63, 3.8) is 0 Å². The molecule has 0 fully saturated rings. The lowest BCUT2D eigenvalue weighted by Crippen LogP contribution is -2.56. The molecule has 0 N–H and O–H groups in total. The standard InChI is InChI=1S/C17H30Si2/c1-18(2,3)16-12-14-10-8-7-9-11-15(14)13-17(16)19(4,5)6/h12-13H,7-11H2,1-6H3. The third-order valence-corrected chi connectivity index (χ3v) is 8.66. The van der Waals surface area contributed by atoms with E-state index in [1.54, 1.807) is 21.5 Å². The fourth-order valence-corrected chi connectivity index (χ4v) is 8.43. The van der Waals surface area contributed by atoms with E-state index < -0.39 is 16.1 Å². The Kier molecular flexibility index (Phi) is 4.13. The van der Waals surface area contributed by atoms with Crippen molar-refractivity contribution < 1.29 is 0 Å². The molecule has 1 aliphatic rings. The largest absolute Gasteiger partial charge is 0.0774 e. The minimum atomic E-state index is -1.23. The van der Waals surface area contributed by atoms with Crippen molar-refractivity contribution >= 4 is 26.5 Å². The van der Waals surface area contributed by atoms with Crippen LogP contribution in [-0.2, 0) is 12.8 Å². The molecule has 0 aromatic heterocycles. The van der Waals surface area contributed by atoms with Crippen LogP contribution in [0, 0.1) is 0 Å². The van der Waals surface area contributed by atoms with Crippen LogP contribution in [0.1, 0.15) is 30.4 Å². The van der Waals surface area contributed by atoms with Crippen molar-refractivity contribution in [3.05, 3.63) is 23.3 Å². The Morgan fingerprint density at radius 2 is 1.00 bits per heavy atom. The van der Waals surface area contributed by atoms with Gasteiger partial charge in [0.15, 0.2) is 0 Å². The summed E-state index contributed by atoms with van der Waals surface area (Å²) >= 11 is 0. The zero-order valence-electron chi connectivity index (χ0n) is 13.7. The van der Waals surface area contributed by atoms with Gasteiger partial charge in [0.25, 0.3) is 0 Å². The van der Waals surface area contributed by atoms with Gasteiger partial charge in [-0.1, -0.05) is 68.2 Å². The van der Waals surface area contributed by atoms with E-state index in [-0.39, 0.29) is 0 Å². The highest BCUT2D eigenvalue weighted by Crippen LogP contribution is 2.21. The first-order chi connectivity index (χ1) is 8.69. The van der Waals surface area contributed by atoms with E-state index in [2.05, 4.69) is 51.4 Å². The number of hydrogen-bond donors (Lipinski definition) is 0. The Morgan fingerprint density at radius 3 is 1.32 bits per heavy atom. The molecule has 0 amide bonds. The van der Waals surface area contributed by atoms with Crippen molar-refractivity contribution in [1.29, 1.82) is 0 Å². The Hall–Kier alpha value is -0.346. The fourth-order valence-electron chi connectivity index (χ4n) is 3.20. The van der Waals surface area contributed by atoms with Gasteiger partial charge in [-0.25, -0.2) is 0 Å². The summed E-state index contributed by atoms with van der Waals surface area (Å²) in [7, 11) is -2.46. The topological polar surface area (TPSA) is 0 Å². The van der Waals surface area contributed by atoms with E-state index in [1.807, 2.05) is 0 Å². The van der Waals surface area contributed by atoms with Gasteiger partial charge in [0, 0.05) is 0 Å². The summed E-state index contributed by atoms with van der Waals surface area (Å²) in [6, 6.07) is 5.25. The average Bonchev–Trinajstić information content (AvgIpc) is 2.49. The first kappa shape index (κ1) is 15.1. The highest BCUT2D eigenvalue weighted by atomic mass is 28.3. The van der Waals surface area contributed by atoms with Gasteiger partial charge in [-0.05, 0) is 36.8 Å². The third-order valence-electron chi connectivity index (χ3n) is 4.35. The maximum Gasteiger partial charge on any atom is 0.0774 e. The molecular weight excluding hydrogens is 260 g/mol. The second-order valence-electron chi connectivity index (χ2n) is 8.23. The van der Waals surface area contributed by atoms with Gasteiger partial charge in [0.2, 0.25) is 0 Å². The van der Waals surface area contributed by atoms with Gasteiger partial charge in [-0.2, -0.15) is 0 Å². The van der Waals surface area contributed by atoms with Crippen LogP contribution >= 0.6 is 0 Å². The minimum Gasteiger partial charge on any atom is -0.0656 e. The molecular formula is C17H30Si2. The molecule has 0 nitrogen and oxygen atoms in total. The molecule has 1 aliphatic carbocycles. The zero-order valence-corrected chi connectivity index (χ0v) is 15.7. The molecule has 0 heterocycles. The maximum atomic E-state index is 2.63. The first-order valence-electron chi connectivity index (χ1n) is 7.86. The van der Waals surface area contributed by atoms with Gasteiger partial charge >= 0.3 is 0 Å². The van der Waals surface area contributed by atoms with Crippen molar-refractivity contribution in [2.24, 2.45) is 0 Å². The molecule has 2 heteroatoms. The summed E-state index contributed by atoms with van der Waals surface area (Å²) in [6.07, 6.45) is 6.84. The fraction of sp³-hybridized carbons (Fsp3) is 0.647. The Bertz CT molecular complexity index is 418. The maximum absolute atomic E-state index is 2.63. The van der Waals surface area contributed by atoms with Crippen molar-refractivity contribution in [2.75, 3.05) is 0 Å². The van der Waals surface area contributed by atoms with Crippen LogP contribution in [0.25, 0.3) is 0 Å². The van der Waals surface area contributed by atoms with Gasteiger partial charge in [-0.15, -0.1) is 0 Å². The van der Waals surface area contributed by atoms with Gasteiger partial charge in [0.05, 0.1) is 16.1 Å². The lowest BCUT2D eigenvalue weighted by molar-refractivity contribution is 0.711. The van der Waals surface area contributed by atoms with Gasteiger partial charge in [-0.3, -0.25) is 0 Å². The second kappa shape index (κ2) is 5.21. The Labute approximate surface area is 121 Å². The summed E-state index contributed by atoms with van der Waals surface area (Å²) in [5, 5.41) is 3.51. The molecule has 0 spiro atoms. The molecule has 0 saturated carbocycles. The predicted molar refractivity (Wildman–Crippen MR) is 93.7 cm³/mol. The monoisotopic (exact) mass is 290 g/mol. The van der Waals surface area contributed by atoms with Crippen LogP contribution in [0.3, 0.4) is 0 Å². The van der Waals surface area contributed by atoms with E-state index in [0.29, 0.717) is 0 Å². The van der Waals surface area contributed by atoms with Crippen molar-refractivity contribution in [3.8, 4) is 0 Å². The van der Waals surface area contributed by atoms with E-state index in [4.69, 9.17) is 0 Å². The van der Waals surface area contributed by atoms with Crippen molar-refractivity contribution in [1.82, 2.24) is 0 Å².